The third kappa shape index (κ3) is 3.82. The zero-order chi connectivity index (χ0) is 22.3. The number of aliphatic hydroxyl groups is 2. The van der Waals surface area contributed by atoms with E-state index in [1.165, 1.54) is 0 Å². The minimum atomic E-state index is -1.23. The first kappa shape index (κ1) is 22.9. The molecule has 168 valence electrons. The van der Waals surface area contributed by atoms with Gasteiger partial charge in [0.25, 0.3) is 0 Å². The Morgan fingerprint density at radius 2 is 2.10 bits per heavy atom. The normalized spacial score (nSPS) is 41.5. The van der Waals surface area contributed by atoms with Crippen molar-refractivity contribution in [1.29, 1.82) is 0 Å². The molecular weight excluding hydrogens is 392 g/mol. The first-order valence-electron chi connectivity index (χ1n) is 10.5. The Hall–Kier alpha value is -1.74. The van der Waals surface area contributed by atoms with E-state index >= 15 is 0 Å². The van der Waals surface area contributed by atoms with Crippen molar-refractivity contribution >= 4 is 11.9 Å². The summed E-state index contributed by atoms with van der Waals surface area (Å²) in [5.74, 6) is -3.44. The van der Waals surface area contributed by atoms with Gasteiger partial charge >= 0.3 is 11.9 Å². The molecule has 2 N–H and O–H groups in total. The highest BCUT2D eigenvalue weighted by molar-refractivity contribution is 5.91. The Balaban J connectivity index is 2.06. The fourth-order valence-electron chi connectivity index (χ4n) is 4.84. The van der Waals surface area contributed by atoms with Crippen LogP contribution in [-0.2, 0) is 28.5 Å². The van der Waals surface area contributed by atoms with Crippen LogP contribution in [0.5, 0.6) is 0 Å². The lowest BCUT2D eigenvalue weighted by molar-refractivity contribution is -0.283. The number of ether oxygens (including phenoxy) is 4. The highest BCUT2D eigenvalue weighted by Crippen LogP contribution is 2.51. The van der Waals surface area contributed by atoms with Gasteiger partial charge in [-0.15, -0.1) is 0 Å². The molecule has 0 aromatic carbocycles. The first-order chi connectivity index (χ1) is 14.1. The topological polar surface area (TPSA) is 112 Å². The van der Waals surface area contributed by atoms with Gasteiger partial charge in [0.05, 0.1) is 24.2 Å². The summed E-state index contributed by atoms with van der Waals surface area (Å²) >= 11 is 0. The van der Waals surface area contributed by atoms with E-state index in [4.69, 9.17) is 18.9 Å². The summed E-state index contributed by atoms with van der Waals surface area (Å²) in [5.41, 5.74) is -0.468. The summed E-state index contributed by atoms with van der Waals surface area (Å²) in [4.78, 5) is 24.9. The Bertz CT molecular complexity index is 745. The average Bonchev–Trinajstić information content (AvgIpc) is 3.12. The van der Waals surface area contributed by atoms with E-state index in [1.807, 2.05) is 6.92 Å². The minimum absolute atomic E-state index is 0.126. The quantitative estimate of drug-likeness (QED) is 0.506. The number of allylic oxidation sites excluding steroid dienone is 1. The second-order valence-corrected chi connectivity index (χ2v) is 8.61. The van der Waals surface area contributed by atoms with Crippen LogP contribution in [0.1, 0.15) is 47.0 Å². The fraction of sp³-hybridized carbons (Fsp3) is 0.727. The fourth-order valence-corrected chi connectivity index (χ4v) is 4.84. The number of fused-ring (bicyclic) bond motifs is 3. The zero-order valence-corrected chi connectivity index (χ0v) is 18.1. The Morgan fingerprint density at radius 3 is 2.70 bits per heavy atom. The Kier molecular flexibility index (Phi) is 6.43. The van der Waals surface area contributed by atoms with Gasteiger partial charge < -0.3 is 29.2 Å². The van der Waals surface area contributed by atoms with Crippen molar-refractivity contribution in [3.8, 4) is 0 Å². The number of esters is 2. The Labute approximate surface area is 176 Å². The molecular formula is C22H32O8. The highest BCUT2D eigenvalue weighted by atomic mass is 16.7. The molecule has 3 aliphatic rings. The van der Waals surface area contributed by atoms with Crippen molar-refractivity contribution in [2.24, 2.45) is 11.8 Å². The number of rotatable bonds is 5. The van der Waals surface area contributed by atoms with Gasteiger partial charge in [-0.1, -0.05) is 12.7 Å². The van der Waals surface area contributed by atoms with E-state index in [9.17, 15) is 19.8 Å². The summed E-state index contributed by atoms with van der Waals surface area (Å²) in [6.07, 6.45) is -0.206. The summed E-state index contributed by atoms with van der Waals surface area (Å²) in [7, 11) is 0. The van der Waals surface area contributed by atoms with Crippen molar-refractivity contribution in [1.82, 2.24) is 0 Å². The Morgan fingerprint density at radius 1 is 1.40 bits per heavy atom. The van der Waals surface area contributed by atoms with Gasteiger partial charge in [0, 0.05) is 36.5 Å². The molecule has 0 aliphatic carbocycles. The van der Waals surface area contributed by atoms with Gasteiger partial charge in [0.2, 0.25) is 0 Å². The molecule has 8 nitrogen and oxygen atoms in total. The summed E-state index contributed by atoms with van der Waals surface area (Å²) in [6.45, 7) is 10.8. The number of carbonyl (C=O) groups is 2. The van der Waals surface area contributed by atoms with Crippen molar-refractivity contribution < 1.29 is 38.7 Å². The van der Waals surface area contributed by atoms with Crippen molar-refractivity contribution in [3.63, 3.8) is 0 Å². The van der Waals surface area contributed by atoms with Crippen LogP contribution >= 0.6 is 0 Å². The standard InChI is InChI=1S/C22H32O8/c1-6-12(3)19(25)29-16-9-21(5)17(24)10-22(30-21,27-7-2)14(11-23)8-15-18(16)13(4)20(26)28-15/h6,14-18,23-24H,4,7-11H2,1-3,5H3/b12-6-/t14-,15-,16-,17-,18+,21+,22+/m1/s1. The lowest BCUT2D eigenvalue weighted by Gasteiger charge is -2.38. The minimum Gasteiger partial charge on any atom is -0.458 e. The molecule has 3 aliphatic heterocycles. The molecule has 3 heterocycles. The van der Waals surface area contributed by atoms with Crippen LogP contribution in [0.15, 0.2) is 23.8 Å². The summed E-state index contributed by atoms with van der Waals surface area (Å²) in [6, 6.07) is 0. The first-order valence-corrected chi connectivity index (χ1v) is 10.5. The second kappa shape index (κ2) is 8.42. The molecule has 2 bridgehead atoms. The van der Waals surface area contributed by atoms with Crippen LogP contribution in [0.4, 0.5) is 0 Å². The van der Waals surface area contributed by atoms with E-state index in [0.29, 0.717) is 12.2 Å². The zero-order valence-electron chi connectivity index (χ0n) is 18.1. The predicted octanol–water partition coefficient (Wildman–Crippen LogP) is 1.64. The molecule has 0 unspecified atom stereocenters. The van der Waals surface area contributed by atoms with Crippen LogP contribution in [0.3, 0.4) is 0 Å². The van der Waals surface area contributed by atoms with Crippen LogP contribution in [0.25, 0.3) is 0 Å². The monoisotopic (exact) mass is 424 g/mol. The number of hydrogen-bond donors (Lipinski definition) is 2. The molecule has 0 spiro atoms. The van der Waals surface area contributed by atoms with Crippen molar-refractivity contribution in [3.05, 3.63) is 23.8 Å². The van der Waals surface area contributed by atoms with Crippen molar-refractivity contribution in [2.75, 3.05) is 13.2 Å². The lowest BCUT2D eigenvalue weighted by Crippen LogP contribution is -2.46. The summed E-state index contributed by atoms with van der Waals surface area (Å²) < 4.78 is 23.6. The van der Waals surface area contributed by atoms with Gasteiger partial charge in [-0.05, 0) is 34.1 Å². The lowest BCUT2D eigenvalue weighted by atomic mass is 9.77. The van der Waals surface area contributed by atoms with Gasteiger partial charge in [-0.2, -0.15) is 0 Å². The molecule has 3 rings (SSSR count). The molecule has 3 fully saturated rings. The molecule has 3 saturated heterocycles. The van der Waals surface area contributed by atoms with Gasteiger partial charge in [0.1, 0.15) is 12.2 Å². The molecule has 0 saturated carbocycles. The van der Waals surface area contributed by atoms with Gasteiger partial charge in [-0.25, -0.2) is 9.59 Å². The van der Waals surface area contributed by atoms with E-state index < -0.39 is 53.5 Å². The largest absolute Gasteiger partial charge is 0.458 e. The summed E-state index contributed by atoms with van der Waals surface area (Å²) in [5, 5.41) is 21.1. The maximum absolute atomic E-state index is 12.6. The van der Waals surface area contributed by atoms with E-state index in [2.05, 4.69) is 6.58 Å². The van der Waals surface area contributed by atoms with Crippen LogP contribution < -0.4 is 0 Å². The molecule has 8 heteroatoms. The van der Waals surface area contributed by atoms with E-state index in [0.717, 1.165) is 0 Å². The van der Waals surface area contributed by atoms with E-state index in [-0.39, 0.29) is 31.4 Å². The SMILES string of the molecule is C=C1C(=O)O[C@@H]2C[C@H](CO)[C@]3(OCC)C[C@@H](O)[C@](C)(C[C@@H](OC(=O)/C(C)=C\C)[C@@H]12)O3. The molecule has 0 radical (unpaired) electrons. The van der Waals surface area contributed by atoms with Crippen LogP contribution in [0, 0.1) is 11.8 Å². The van der Waals surface area contributed by atoms with Crippen LogP contribution in [-0.4, -0.2) is 65.1 Å². The molecule has 0 aromatic rings. The molecule has 7 atom stereocenters. The number of aliphatic hydroxyl groups excluding tert-OH is 2. The van der Waals surface area contributed by atoms with E-state index in [1.54, 1.807) is 26.8 Å². The maximum Gasteiger partial charge on any atom is 0.334 e. The van der Waals surface area contributed by atoms with Gasteiger partial charge in [0.15, 0.2) is 5.79 Å². The number of hydrogen-bond acceptors (Lipinski definition) is 8. The molecule has 0 aromatic heterocycles. The second-order valence-electron chi connectivity index (χ2n) is 8.61. The number of carbonyl (C=O) groups excluding carboxylic acids is 2. The van der Waals surface area contributed by atoms with Crippen molar-refractivity contribution in [2.45, 2.75) is 76.7 Å². The highest BCUT2D eigenvalue weighted by Gasteiger charge is 2.62. The van der Waals surface area contributed by atoms with Gasteiger partial charge in [-0.3, -0.25) is 0 Å². The third-order valence-electron chi connectivity index (χ3n) is 6.68. The maximum atomic E-state index is 12.6. The van der Waals surface area contributed by atoms with Crippen LogP contribution in [0.2, 0.25) is 0 Å². The smallest absolute Gasteiger partial charge is 0.334 e. The predicted molar refractivity (Wildman–Crippen MR) is 106 cm³/mol. The third-order valence-corrected chi connectivity index (χ3v) is 6.68. The molecule has 30 heavy (non-hydrogen) atoms. The molecule has 0 amide bonds. The average molecular weight is 424 g/mol.